The Hall–Kier alpha value is 0.659. The van der Waals surface area contributed by atoms with Crippen LogP contribution >= 0.6 is 0 Å². The van der Waals surface area contributed by atoms with Gasteiger partial charge in [0.1, 0.15) is 10.1 Å². The molecule has 0 radical (unpaired) electrons. The van der Waals surface area contributed by atoms with Gasteiger partial charge in [0.2, 0.25) is 0 Å². The molecule has 1 unspecified atom stereocenters. The summed E-state index contributed by atoms with van der Waals surface area (Å²) in [5.41, 5.74) is 0. The summed E-state index contributed by atoms with van der Waals surface area (Å²) >= 11 is 0. The summed E-state index contributed by atoms with van der Waals surface area (Å²) in [4.78, 5) is 0. The van der Waals surface area contributed by atoms with Crippen molar-refractivity contribution in [2.45, 2.75) is 69.7 Å². The monoisotopic (exact) mass is 840 g/mol. The predicted octanol–water partition coefficient (Wildman–Crippen LogP) is 4.85. The van der Waals surface area contributed by atoms with Gasteiger partial charge in [-0.05, 0) is 0 Å². The molecule has 0 aromatic heterocycles. The van der Waals surface area contributed by atoms with Crippen molar-refractivity contribution in [3.05, 3.63) is 0 Å². The molecule has 0 N–H and O–H groups in total. The van der Waals surface area contributed by atoms with Crippen LogP contribution < -0.4 is 0 Å². The molecule has 0 rings (SSSR count). The Morgan fingerprint density at radius 1 is 0.304 bits per heavy atom. The number of halogens is 24. The zero-order chi connectivity index (χ0) is 37.0. The molecule has 0 bridgehead atoms. The fourth-order valence-electron chi connectivity index (χ4n) is 2.41. The summed E-state index contributed by atoms with van der Waals surface area (Å²) < 4.78 is 381. The van der Waals surface area contributed by atoms with E-state index in [0.29, 0.717) is 0 Å². The molecule has 46 heavy (non-hydrogen) atoms. The van der Waals surface area contributed by atoms with Crippen LogP contribution in [0, 0.1) is 0 Å². The molecule has 1 atom stereocenters. The van der Waals surface area contributed by atoms with E-state index in [2.05, 4.69) is 0 Å². The largest absolute Gasteiger partial charge is 2.00 e. The topological polar surface area (TPSA) is 114 Å². The van der Waals surface area contributed by atoms with Crippen LogP contribution in [0.3, 0.4) is 0 Å². The third-order valence-electron chi connectivity index (χ3n) is 4.95. The van der Waals surface area contributed by atoms with Gasteiger partial charge in [0.15, 0.2) is 10.1 Å². The van der Waals surface area contributed by atoms with Crippen LogP contribution in [0.2, 0.25) is 0 Å². The summed E-state index contributed by atoms with van der Waals surface area (Å²) in [6.45, 7) is 0. The molecule has 0 aromatic carbocycles. The normalized spacial score (nSPS) is 17.5. The summed E-state index contributed by atoms with van der Waals surface area (Å²) in [7, 11) is -18.1. The molecule has 0 heterocycles. The second kappa shape index (κ2) is 12.7. The standard InChI is InChI=1S/C12H2F24O6S2.2Ca/c13-1(14,3(17,18)5(21,22)7(25,26)9(29,30)11(32,33)34)2(15,16)4(19,20)6(23,24)8(27,28)10(31,43(37,38)39)12(35,36)44(40,41)42;;/h(H,37,38,39)(H,40,41,42);;/q;2*+2/p-2. The summed E-state index contributed by atoms with van der Waals surface area (Å²) in [5, 5.41) is -17.7. The second-order valence-corrected chi connectivity index (χ2v) is 10.6. The SMILES string of the molecule is O=S(=O)([O-])C(F)(F)C(F)(C(F)(F)C(F)(F)C(F)(F)C(F)(F)C(F)(F)C(F)(F)C(F)(F)C(F)(F)C(F)(F)C(F)(F)F)S(=O)(=O)[O-].[Ca+2].[Ca+2]. The maximum atomic E-state index is 14.1. The minimum atomic E-state index is -9.93. The first-order chi connectivity index (χ1) is 18.2. The molecule has 266 valence electrons. The zero-order valence-corrected chi connectivity index (χ0v) is 25.8. The summed E-state index contributed by atoms with van der Waals surface area (Å²) in [6, 6.07) is 0. The van der Waals surface area contributed by atoms with E-state index in [1.807, 2.05) is 0 Å². The van der Waals surface area contributed by atoms with Crippen molar-refractivity contribution in [2.24, 2.45) is 0 Å². The van der Waals surface area contributed by atoms with E-state index in [1.165, 1.54) is 0 Å². The Bertz CT molecular complexity index is 1340. The minimum Gasteiger partial charge on any atom is -0.745 e. The fraction of sp³-hybridized carbons (Fsp3) is 1.00. The van der Waals surface area contributed by atoms with Crippen LogP contribution in [0.25, 0.3) is 0 Å². The van der Waals surface area contributed by atoms with E-state index in [1.54, 1.807) is 0 Å². The first kappa shape index (κ1) is 51.0. The average molecular weight is 840 g/mol. The van der Waals surface area contributed by atoms with Crippen LogP contribution in [0.5, 0.6) is 0 Å². The number of rotatable bonds is 12. The van der Waals surface area contributed by atoms with E-state index in [9.17, 15) is 131 Å². The molecular formula is C12Ca2F24O6S2+2. The summed E-state index contributed by atoms with van der Waals surface area (Å²) in [6.07, 6.45) is -8.28. The third-order valence-corrected chi connectivity index (χ3v) is 7.19. The first-order valence-electron chi connectivity index (χ1n) is 8.69. The molecule has 0 aliphatic heterocycles. The van der Waals surface area contributed by atoms with Gasteiger partial charge in [0.05, 0.1) is 0 Å². The van der Waals surface area contributed by atoms with E-state index < -0.39 is 90.0 Å². The predicted molar refractivity (Wildman–Crippen MR) is 90.3 cm³/mol. The molecule has 0 saturated heterocycles. The van der Waals surface area contributed by atoms with Gasteiger partial charge >= 0.3 is 145 Å². The van der Waals surface area contributed by atoms with Crippen LogP contribution in [0.15, 0.2) is 0 Å². The van der Waals surface area contributed by atoms with E-state index in [0.717, 1.165) is 0 Å². The average Bonchev–Trinajstić information content (AvgIpc) is 2.74. The van der Waals surface area contributed by atoms with Crippen molar-refractivity contribution in [1.82, 2.24) is 0 Å². The van der Waals surface area contributed by atoms with Crippen molar-refractivity contribution in [1.29, 1.82) is 0 Å². The Kier molecular flexibility index (Phi) is 14.1. The van der Waals surface area contributed by atoms with Crippen LogP contribution in [0.4, 0.5) is 105 Å². The van der Waals surface area contributed by atoms with Gasteiger partial charge in [-0.25, -0.2) is 21.2 Å². The van der Waals surface area contributed by atoms with Gasteiger partial charge < -0.3 is 9.11 Å². The van der Waals surface area contributed by atoms with Crippen molar-refractivity contribution in [2.75, 3.05) is 0 Å². The van der Waals surface area contributed by atoms with E-state index in [-0.39, 0.29) is 75.5 Å². The van der Waals surface area contributed by atoms with E-state index >= 15 is 0 Å². The van der Waals surface area contributed by atoms with Gasteiger partial charge in [-0.2, -0.15) is 101 Å². The quantitative estimate of drug-likeness (QED) is 0.158. The summed E-state index contributed by atoms with van der Waals surface area (Å²) in [5.74, 6) is -86.5. The van der Waals surface area contributed by atoms with Crippen molar-refractivity contribution < 1.29 is 131 Å². The maximum absolute atomic E-state index is 14.1. The Balaban J connectivity index is -0.00000924. The van der Waals surface area contributed by atoms with Crippen LogP contribution in [-0.2, 0) is 20.2 Å². The van der Waals surface area contributed by atoms with Crippen molar-refractivity contribution in [3.63, 3.8) is 0 Å². The smallest absolute Gasteiger partial charge is 0.745 e. The molecule has 0 aliphatic rings. The van der Waals surface area contributed by atoms with Crippen LogP contribution in [-0.4, -0.2) is 171 Å². The van der Waals surface area contributed by atoms with Gasteiger partial charge in [0, 0.05) is 0 Å². The minimum absolute atomic E-state index is 0. The molecule has 0 aliphatic carbocycles. The molecular weight excluding hydrogens is 840 g/mol. The van der Waals surface area contributed by atoms with Crippen LogP contribution in [0.1, 0.15) is 0 Å². The first-order valence-corrected chi connectivity index (χ1v) is 11.5. The second-order valence-electron chi connectivity index (χ2n) is 7.69. The molecule has 0 aromatic rings. The molecule has 6 nitrogen and oxygen atoms in total. The maximum Gasteiger partial charge on any atom is 2.00 e. The Labute approximate surface area is 294 Å². The van der Waals surface area contributed by atoms with Gasteiger partial charge in [-0.3, -0.25) is 0 Å². The van der Waals surface area contributed by atoms with Gasteiger partial charge in [0.25, 0.3) is 0 Å². The van der Waals surface area contributed by atoms with Gasteiger partial charge in [-0.1, -0.05) is 0 Å². The fourth-order valence-corrected chi connectivity index (χ4v) is 4.20. The third kappa shape index (κ3) is 6.15. The molecule has 0 fully saturated rings. The number of hydrogen-bond acceptors (Lipinski definition) is 6. The molecule has 0 spiro atoms. The number of alkyl halides is 24. The van der Waals surface area contributed by atoms with Crippen molar-refractivity contribution >= 4 is 95.7 Å². The Morgan fingerprint density at radius 3 is 0.630 bits per heavy atom. The molecule has 0 amide bonds. The zero-order valence-electron chi connectivity index (χ0n) is 19.8. The molecule has 0 saturated carbocycles. The Morgan fingerprint density at radius 2 is 0.478 bits per heavy atom. The van der Waals surface area contributed by atoms with Crippen molar-refractivity contribution in [3.8, 4) is 0 Å². The molecule has 34 heteroatoms. The van der Waals surface area contributed by atoms with E-state index in [4.69, 9.17) is 0 Å². The number of hydrogen-bond donors (Lipinski definition) is 0. The van der Waals surface area contributed by atoms with Gasteiger partial charge in [-0.15, -0.1) is 0 Å².